The average molecular weight is 337 g/mol. The summed E-state index contributed by atoms with van der Waals surface area (Å²) >= 11 is 11.8. The zero-order valence-corrected chi connectivity index (χ0v) is 14.1. The largest absolute Gasteiger partial charge is 0.444 e. The molecule has 2 amide bonds. The maximum atomic E-state index is 12.0. The van der Waals surface area contributed by atoms with E-state index in [0.29, 0.717) is 18.9 Å². The second kappa shape index (κ2) is 5.84. The van der Waals surface area contributed by atoms with Crippen LogP contribution in [0, 0.1) is 11.8 Å². The summed E-state index contributed by atoms with van der Waals surface area (Å²) in [5.74, 6) is -0.0748. The van der Waals surface area contributed by atoms with E-state index < -0.39 is 16.0 Å². The van der Waals surface area contributed by atoms with Crippen molar-refractivity contribution in [2.45, 2.75) is 56.0 Å². The quantitative estimate of drug-likeness (QED) is 0.758. The Balaban J connectivity index is 1.78. The lowest BCUT2D eigenvalue weighted by molar-refractivity contribution is -0.123. The van der Waals surface area contributed by atoms with Gasteiger partial charge in [0.2, 0.25) is 5.91 Å². The van der Waals surface area contributed by atoms with E-state index in [-0.39, 0.29) is 17.9 Å². The van der Waals surface area contributed by atoms with Crippen LogP contribution in [0.15, 0.2) is 0 Å². The molecule has 0 spiro atoms. The van der Waals surface area contributed by atoms with Gasteiger partial charge in [-0.1, -0.05) is 0 Å². The fourth-order valence-corrected chi connectivity index (χ4v) is 2.63. The molecule has 0 saturated heterocycles. The van der Waals surface area contributed by atoms with Crippen molar-refractivity contribution in [1.82, 2.24) is 10.6 Å². The molecule has 2 N–H and O–H groups in total. The minimum Gasteiger partial charge on any atom is -0.444 e. The Labute approximate surface area is 135 Å². The maximum absolute atomic E-state index is 12.0. The first-order chi connectivity index (χ1) is 9.58. The molecule has 2 aliphatic rings. The number of rotatable bonds is 5. The Hall–Kier alpha value is -0.680. The van der Waals surface area contributed by atoms with Crippen molar-refractivity contribution in [3.63, 3.8) is 0 Å². The van der Waals surface area contributed by atoms with Crippen molar-refractivity contribution >= 4 is 35.2 Å². The molecule has 21 heavy (non-hydrogen) atoms. The number of amides is 2. The fraction of sp³-hybridized carbons (Fsp3) is 0.857. The summed E-state index contributed by atoms with van der Waals surface area (Å²) in [6.45, 7) is 5.77. The minimum absolute atomic E-state index is 0.0882. The third kappa shape index (κ3) is 5.22. The van der Waals surface area contributed by atoms with Crippen molar-refractivity contribution in [3.8, 4) is 0 Å². The number of nitrogens with one attached hydrogen (secondary N) is 2. The molecule has 0 bridgehead atoms. The predicted octanol–water partition coefficient (Wildman–Crippen LogP) is 2.60. The topological polar surface area (TPSA) is 67.4 Å². The van der Waals surface area contributed by atoms with Crippen LogP contribution in [0.2, 0.25) is 0 Å². The number of carbonyl (C=O) groups excluding carboxylic acids is 2. The van der Waals surface area contributed by atoms with Gasteiger partial charge in [-0.25, -0.2) is 4.79 Å². The lowest BCUT2D eigenvalue weighted by Gasteiger charge is -2.22. The first-order valence-electron chi connectivity index (χ1n) is 7.23. The van der Waals surface area contributed by atoms with E-state index in [4.69, 9.17) is 27.9 Å². The number of hydrogen-bond acceptors (Lipinski definition) is 3. The fourth-order valence-electron chi connectivity index (χ4n) is 2.12. The van der Waals surface area contributed by atoms with Crippen LogP contribution >= 0.6 is 23.2 Å². The molecule has 0 aromatic carbocycles. The second-order valence-corrected chi connectivity index (χ2v) is 8.40. The summed E-state index contributed by atoms with van der Waals surface area (Å²) in [6.07, 6.45) is 2.12. The van der Waals surface area contributed by atoms with Crippen molar-refractivity contribution < 1.29 is 14.3 Å². The van der Waals surface area contributed by atoms with Gasteiger partial charge in [-0.05, 0) is 46.0 Å². The average Bonchev–Trinajstić information content (AvgIpc) is 3.18. The van der Waals surface area contributed by atoms with Crippen molar-refractivity contribution in [2.24, 2.45) is 11.8 Å². The van der Waals surface area contributed by atoms with Gasteiger partial charge in [0.15, 0.2) is 0 Å². The molecule has 2 saturated carbocycles. The van der Waals surface area contributed by atoms with Gasteiger partial charge in [-0.3, -0.25) is 4.79 Å². The molecule has 2 rings (SSSR count). The van der Waals surface area contributed by atoms with Crippen LogP contribution in [0.4, 0.5) is 4.79 Å². The van der Waals surface area contributed by atoms with Gasteiger partial charge in [-0.15, -0.1) is 23.2 Å². The lowest BCUT2D eigenvalue weighted by Crippen LogP contribution is -2.46. The van der Waals surface area contributed by atoms with Crippen LogP contribution in [-0.2, 0) is 9.53 Å². The third-order valence-electron chi connectivity index (χ3n) is 3.53. The van der Waals surface area contributed by atoms with Gasteiger partial charge in [0, 0.05) is 12.6 Å². The zero-order chi connectivity index (χ0) is 15.8. The molecule has 2 fully saturated rings. The van der Waals surface area contributed by atoms with Crippen LogP contribution in [0.5, 0.6) is 0 Å². The molecular formula is C14H22Cl2N2O3. The maximum Gasteiger partial charge on any atom is 0.407 e. The monoisotopic (exact) mass is 336 g/mol. The molecule has 0 aliphatic heterocycles. The summed E-state index contributed by atoms with van der Waals surface area (Å²) in [4.78, 5) is 23.7. The molecule has 0 aromatic heterocycles. The first-order valence-corrected chi connectivity index (χ1v) is 7.99. The molecule has 5 nitrogen and oxygen atoms in total. The Bertz CT molecular complexity index is 430. The standard InChI is InChI=1S/C14H22Cl2N2O3/c1-13(2,3)21-12(20)17-7-10(8-4-5-8)18-11(19)9-6-14(9,15)16/h8-10H,4-7H2,1-3H3,(H,17,20)(H,18,19)/t9-,10+/m1/s1. The number of hydrogen-bond donors (Lipinski definition) is 2. The Morgan fingerprint density at radius 2 is 1.90 bits per heavy atom. The number of ether oxygens (including phenoxy) is 1. The van der Waals surface area contributed by atoms with Crippen LogP contribution in [0.1, 0.15) is 40.0 Å². The van der Waals surface area contributed by atoms with Crippen molar-refractivity contribution in [3.05, 3.63) is 0 Å². The van der Waals surface area contributed by atoms with Crippen molar-refractivity contribution in [1.29, 1.82) is 0 Å². The van der Waals surface area contributed by atoms with Gasteiger partial charge in [-0.2, -0.15) is 0 Å². The molecule has 2 atom stereocenters. The van der Waals surface area contributed by atoms with Gasteiger partial charge in [0.05, 0.1) is 5.92 Å². The highest BCUT2D eigenvalue weighted by Crippen LogP contribution is 2.53. The summed E-state index contributed by atoms with van der Waals surface area (Å²) in [5.41, 5.74) is -0.534. The highest BCUT2D eigenvalue weighted by Gasteiger charge is 2.56. The molecule has 0 heterocycles. The normalized spacial score (nSPS) is 24.9. The van der Waals surface area contributed by atoms with E-state index in [9.17, 15) is 9.59 Å². The van der Waals surface area contributed by atoms with Gasteiger partial charge in [0.25, 0.3) is 0 Å². The predicted molar refractivity (Wildman–Crippen MR) is 81.4 cm³/mol. The molecule has 0 unspecified atom stereocenters. The highest BCUT2D eigenvalue weighted by molar-refractivity contribution is 6.52. The molecular weight excluding hydrogens is 315 g/mol. The molecule has 0 radical (unpaired) electrons. The van der Waals surface area contributed by atoms with Crippen molar-refractivity contribution in [2.75, 3.05) is 6.54 Å². The van der Waals surface area contributed by atoms with Gasteiger partial charge < -0.3 is 15.4 Å². The third-order valence-corrected chi connectivity index (χ3v) is 4.36. The molecule has 120 valence electrons. The summed E-state index contributed by atoms with van der Waals surface area (Å²) < 4.78 is 4.26. The molecule has 0 aromatic rings. The zero-order valence-electron chi connectivity index (χ0n) is 12.5. The number of halogens is 2. The van der Waals surface area contributed by atoms with E-state index in [1.54, 1.807) is 20.8 Å². The minimum atomic E-state index is -0.920. The summed E-state index contributed by atoms with van der Waals surface area (Å²) in [7, 11) is 0. The molecule has 7 heteroatoms. The van der Waals surface area contributed by atoms with E-state index >= 15 is 0 Å². The van der Waals surface area contributed by atoms with Crippen LogP contribution in [0.3, 0.4) is 0 Å². The Morgan fingerprint density at radius 1 is 1.33 bits per heavy atom. The van der Waals surface area contributed by atoms with E-state index in [1.165, 1.54) is 0 Å². The van der Waals surface area contributed by atoms with Crippen LogP contribution < -0.4 is 10.6 Å². The number of alkyl carbamates (subject to hydrolysis) is 1. The lowest BCUT2D eigenvalue weighted by atomic mass is 10.1. The van der Waals surface area contributed by atoms with E-state index in [2.05, 4.69) is 10.6 Å². The Kier molecular flexibility index (Phi) is 4.64. The number of alkyl halides is 2. The smallest absolute Gasteiger partial charge is 0.407 e. The highest BCUT2D eigenvalue weighted by atomic mass is 35.5. The van der Waals surface area contributed by atoms with E-state index in [1.807, 2.05) is 0 Å². The first kappa shape index (κ1) is 16.7. The van der Waals surface area contributed by atoms with Crippen LogP contribution in [0.25, 0.3) is 0 Å². The van der Waals surface area contributed by atoms with Crippen LogP contribution in [-0.4, -0.2) is 34.5 Å². The summed E-state index contributed by atoms with van der Waals surface area (Å²) in [6, 6.07) is -0.0882. The number of carbonyl (C=O) groups is 2. The van der Waals surface area contributed by atoms with E-state index in [0.717, 1.165) is 12.8 Å². The summed E-state index contributed by atoms with van der Waals surface area (Å²) in [5, 5.41) is 5.64. The SMILES string of the molecule is CC(C)(C)OC(=O)NC[C@H](NC(=O)[C@H]1CC1(Cl)Cl)C1CC1. The van der Waals surface area contributed by atoms with Gasteiger partial charge >= 0.3 is 6.09 Å². The Morgan fingerprint density at radius 3 is 2.33 bits per heavy atom. The second-order valence-electron chi connectivity index (χ2n) is 6.85. The molecule has 2 aliphatic carbocycles. The van der Waals surface area contributed by atoms with Gasteiger partial charge in [0.1, 0.15) is 9.93 Å².